The number of para-hydroxylation sites is 1. The molecule has 4 rings (SSSR count). The molecule has 2 heterocycles. The predicted molar refractivity (Wildman–Crippen MR) is 88.0 cm³/mol. The topological polar surface area (TPSA) is 91.0 Å². The van der Waals surface area contributed by atoms with Crippen molar-refractivity contribution in [1.29, 1.82) is 0 Å². The van der Waals surface area contributed by atoms with Crippen LogP contribution in [0.3, 0.4) is 0 Å². The average Bonchev–Trinajstić information content (AvgIpc) is 2.62. The van der Waals surface area contributed by atoms with Crippen molar-refractivity contribution >= 4 is 27.5 Å². The van der Waals surface area contributed by atoms with Crippen molar-refractivity contribution in [3.8, 4) is 11.6 Å². The van der Waals surface area contributed by atoms with Gasteiger partial charge in [-0.05, 0) is 30.3 Å². The molecule has 116 valence electrons. The zero-order valence-electron chi connectivity index (χ0n) is 12.3. The summed E-state index contributed by atoms with van der Waals surface area (Å²) in [5, 5.41) is 12.3. The number of rotatable bonds is 3. The number of hydrogen-bond acceptors (Lipinski definition) is 6. The monoisotopic (exact) mass is 318 g/mol. The number of aromatic nitrogens is 3. The molecule has 24 heavy (non-hydrogen) atoms. The third-order valence-electron chi connectivity index (χ3n) is 3.62. The van der Waals surface area contributed by atoms with Gasteiger partial charge >= 0.3 is 0 Å². The molecule has 0 amide bonds. The number of non-ortho nitro benzene ring substituents is 1. The summed E-state index contributed by atoms with van der Waals surface area (Å²) >= 11 is 0. The van der Waals surface area contributed by atoms with Crippen LogP contribution in [0.25, 0.3) is 21.8 Å². The summed E-state index contributed by atoms with van der Waals surface area (Å²) in [4.78, 5) is 23.3. The van der Waals surface area contributed by atoms with Crippen molar-refractivity contribution in [3.63, 3.8) is 0 Å². The van der Waals surface area contributed by atoms with Crippen molar-refractivity contribution in [3.05, 3.63) is 71.2 Å². The van der Waals surface area contributed by atoms with E-state index in [4.69, 9.17) is 4.74 Å². The van der Waals surface area contributed by atoms with E-state index in [0.717, 1.165) is 10.9 Å². The van der Waals surface area contributed by atoms with Crippen molar-refractivity contribution in [2.75, 3.05) is 0 Å². The maximum Gasteiger partial charge on any atom is 0.279 e. The lowest BCUT2D eigenvalue weighted by molar-refractivity contribution is -0.383. The first-order valence-corrected chi connectivity index (χ1v) is 7.14. The van der Waals surface area contributed by atoms with Crippen molar-refractivity contribution in [2.45, 2.75) is 0 Å². The third kappa shape index (κ3) is 2.28. The molecule has 7 heteroatoms. The smallest absolute Gasteiger partial charge is 0.279 e. The van der Waals surface area contributed by atoms with Gasteiger partial charge in [0, 0.05) is 12.3 Å². The van der Waals surface area contributed by atoms with Crippen LogP contribution < -0.4 is 4.74 Å². The number of pyridine rings is 1. The number of fused-ring (bicyclic) bond motifs is 2. The predicted octanol–water partition coefficient (Wildman–Crippen LogP) is 3.88. The van der Waals surface area contributed by atoms with Gasteiger partial charge in [-0.3, -0.25) is 15.1 Å². The molecule has 0 aliphatic heterocycles. The molecular weight excluding hydrogens is 308 g/mol. The Morgan fingerprint density at radius 2 is 1.75 bits per heavy atom. The fraction of sp³-hybridized carbons (Fsp3) is 0. The molecule has 0 saturated carbocycles. The Morgan fingerprint density at radius 3 is 2.62 bits per heavy atom. The summed E-state index contributed by atoms with van der Waals surface area (Å²) < 4.78 is 5.90. The van der Waals surface area contributed by atoms with E-state index in [9.17, 15) is 10.1 Å². The highest BCUT2D eigenvalue weighted by molar-refractivity contribution is 5.93. The average molecular weight is 318 g/mol. The third-order valence-corrected chi connectivity index (χ3v) is 3.62. The molecular formula is C17H10N4O3. The van der Waals surface area contributed by atoms with Gasteiger partial charge in [-0.25, -0.2) is 9.97 Å². The van der Waals surface area contributed by atoms with Crippen LogP contribution in [0.5, 0.6) is 11.6 Å². The van der Waals surface area contributed by atoms with Gasteiger partial charge in [0.2, 0.25) is 5.88 Å². The molecule has 0 unspecified atom stereocenters. The van der Waals surface area contributed by atoms with E-state index in [-0.39, 0.29) is 5.69 Å². The molecule has 0 bridgehead atoms. The van der Waals surface area contributed by atoms with E-state index >= 15 is 0 Å². The first-order chi connectivity index (χ1) is 11.7. The van der Waals surface area contributed by atoms with Gasteiger partial charge in [0.15, 0.2) is 5.75 Å². The Balaban J connectivity index is 1.88. The Hall–Kier alpha value is -3.61. The van der Waals surface area contributed by atoms with Crippen LogP contribution in [0.15, 0.2) is 61.1 Å². The molecule has 0 aliphatic rings. The highest BCUT2D eigenvalue weighted by Gasteiger charge is 2.17. The summed E-state index contributed by atoms with van der Waals surface area (Å²) in [6.07, 6.45) is 2.98. The number of benzene rings is 2. The summed E-state index contributed by atoms with van der Waals surface area (Å²) in [6.45, 7) is 0. The Bertz CT molecular complexity index is 1080. The largest absolute Gasteiger partial charge is 0.436 e. The molecule has 0 spiro atoms. The summed E-state index contributed by atoms with van der Waals surface area (Å²) in [5.74, 6) is 0.779. The molecule has 4 aromatic rings. The van der Waals surface area contributed by atoms with Crippen LogP contribution in [0, 0.1) is 10.1 Å². The minimum Gasteiger partial charge on any atom is -0.436 e. The second-order valence-corrected chi connectivity index (χ2v) is 5.04. The molecule has 0 radical (unpaired) electrons. The Kier molecular flexibility index (Phi) is 3.24. The normalized spacial score (nSPS) is 10.8. The zero-order valence-corrected chi connectivity index (χ0v) is 12.3. The minimum atomic E-state index is -0.437. The summed E-state index contributed by atoms with van der Waals surface area (Å²) in [5.41, 5.74) is 1.15. The van der Waals surface area contributed by atoms with Crippen LogP contribution in [0.2, 0.25) is 0 Å². The summed E-state index contributed by atoms with van der Waals surface area (Å²) in [6, 6.07) is 13.7. The van der Waals surface area contributed by atoms with Gasteiger partial charge in [0.25, 0.3) is 5.69 Å². The van der Waals surface area contributed by atoms with Crippen LogP contribution in [-0.2, 0) is 0 Å². The fourth-order valence-electron chi connectivity index (χ4n) is 2.54. The fourth-order valence-corrected chi connectivity index (χ4v) is 2.54. The van der Waals surface area contributed by atoms with E-state index in [2.05, 4.69) is 15.0 Å². The first-order valence-electron chi connectivity index (χ1n) is 7.14. The maximum atomic E-state index is 11.2. The standard InChI is InChI=1S/C17H10N4O3/c22-21(23)14-7-8-15(16-12(14)5-3-9-18-16)24-17-11-4-1-2-6-13(11)19-10-20-17/h1-10H. The number of nitrogens with zero attached hydrogens (tertiary/aromatic N) is 4. The molecule has 0 atom stereocenters. The van der Waals surface area contributed by atoms with Gasteiger partial charge < -0.3 is 4.74 Å². The zero-order chi connectivity index (χ0) is 16.5. The minimum absolute atomic E-state index is 0.0157. The molecule has 2 aromatic heterocycles. The lowest BCUT2D eigenvalue weighted by atomic mass is 10.1. The van der Waals surface area contributed by atoms with Crippen LogP contribution in [0.1, 0.15) is 0 Å². The molecule has 0 saturated heterocycles. The highest BCUT2D eigenvalue weighted by Crippen LogP contribution is 2.34. The van der Waals surface area contributed by atoms with E-state index in [1.165, 1.54) is 18.5 Å². The van der Waals surface area contributed by atoms with Gasteiger partial charge in [-0.15, -0.1) is 0 Å². The summed E-state index contributed by atoms with van der Waals surface area (Å²) in [7, 11) is 0. The Morgan fingerprint density at radius 1 is 0.917 bits per heavy atom. The maximum absolute atomic E-state index is 11.2. The van der Waals surface area contributed by atoms with Crippen molar-refractivity contribution in [1.82, 2.24) is 15.0 Å². The van der Waals surface area contributed by atoms with Crippen molar-refractivity contribution in [2.24, 2.45) is 0 Å². The van der Waals surface area contributed by atoms with Crippen molar-refractivity contribution < 1.29 is 9.66 Å². The number of ether oxygens (including phenoxy) is 1. The van der Waals surface area contributed by atoms with E-state index in [1.807, 2.05) is 24.3 Å². The second-order valence-electron chi connectivity index (χ2n) is 5.04. The van der Waals surface area contributed by atoms with Gasteiger partial charge in [-0.2, -0.15) is 0 Å². The lowest BCUT2D eigenvalue weighted by Gasteiger charge is -2.09. The SMILES string of the molecule is O=[N+]([O-])c1ccc(Oc2ncnc3ccccc23)c2ncccc12. The molecule has 0 fully saturated rings. The molecule has 2 aromatic carbocycles. The van der Waals surface area contributed by atoms with Gasteiger partial charge in [0.1, 0.15) is 11.8 Å². The lowest BCUT2D eigenvalue weighted by Crippen LogP contribution is -1.95. The van der Waals surface area contributed by atoms with E-state index in [1.54, 1.807) is 18.3 Å². The highest BCUT2D eigenvalue weighted by atomic mass is 16.6. The quantitative estimate of drug-likeness (QED) is 0.420. The van der Waals surface area contributed by atoms with Crippen LogP contribution in [-0.4, -0.2) is 19.9 Å². The van der Waals surface area contributed by atoms with E-state index in [0.29, 0.717) is 22.5 Å². The van der Waals surface area contributed by atoms with Gasteiger partial charge in [-0.1, -0.05) is 12.1 Å². The number of hydrogen-bond donors (Lipinski definition) is 0. The Labute approximate surface area is 135 Å². The number of nitro groups is 1. The van der Waals surface area contributed by atoms with Gasteiger partial charge in [0.05, 0.1) is 21.2 Å². The number of nitro benzene ring substituents is 1. The molecule has 0 aliphatic carbocycles. The van der Waals surface area contributed by atoms with Crippen LogP contribution >= 0.6 is 0 Å². The van der Waals surface area contributed by atoms with Crippen LogP contribution in [0.4, 0.5) is 5.69 Å². The second kappa shape index (κ2) is 5.54. The molecule has 7 nitrogen and oxygen atoms in total. The van der Waals surface area contributed by atoms with E-state index < -0.39 is 4.92 Å². The molecule has 0 N–H and O–H groups in total. The first kappa shape index (κ1) is 14.0.